The van der Waals surface area contributed by atoms with Crippen molar-refractivity contribution >= 4 is 11.0 Å². The van der Waals surface area contributed by atoms with Gasteiger partial charge in [-0.15, -0.1) is 0 Å². The van der Waals surface area contributed by atoms with Gasteiger partial charge in [-0.1, -0.05) is 32.0 Å². The summed E-state index contributed by atoms with van der Waals surface area (Å²) in [7, 11) is 0. The number of aliphatic hydroxyl groups is 1. The molecule has 1 aromatic heterocycles. The molecule has 2 unspecified atom stereocenters. The first-order chi connectivity index (χ1) is 8.02. The third-order valence-electron chi connectivity index (χ3n) is 3.25. The van der Waals surface area contributed by atoms with Crippen LogP contribution in [0.4, 0.5) is 0 Å². The van der Waals surface area contributed by atoms with Crippen LogP contribution in [-0.4, -0.2) is 11.1 Å². The van der Waals surface area contributed by atoms with E-state index in [1.165, 1.54) is 0 Å². The maximum absolute atomic E-state index is 10.3. The van der Waals surface area contributed by atoms with E-state index in [1.54, 1.807) is 0 Å². The predicted molar refractivity (Wildman–Crippen MR) is 68.7 cm³/mol. The van der Waals surface area contributed by atoms with Crippen LogP contribution in [0.1, 0.15) is 31.3 Å². The molecule has 0 saturated heterocycles. The van der Waals surface area contributed by atoms with E-state index in [-0.39, 0.29) is 12.0 Å². The number of aryl methyl sites for hydroxylation is 1. The van der Waals surface area contributed by atoms with Crippen molar-refractivity contribution in [2.75, 3.05) is 0 Å². The number of fused-ring (bicyclic) bond motifs is 1. The highest BCUT2D eigenvalue weighted by molar-refractivity contribution is 5.82. The molecule has 0 saturated carbocycles. The van der Waals surface area contributed by atoms with Crippen LogP contribution in [0, 0.1) is 12.8 Å². The number of furan rings is 1. The lowest BCUT2D eigenvalue weighted by atomic mass is 9.93. The van der Waals surface area contributed by atoms with Gasteiger partial charge < -0.3 is 15.3 Å². The Morgan fingerprint density at radius 2 is 1.88 bits per heavy atom. The van der Waals surface area contributed by atoms with Crippen LogP contribution in [0.5, 0.6) is 0 Å². The summed E-state index contributed by atoms with van der Waals surface area (Å²) in [5.41, 5.74) is 7.64. The van der Waals surface area contributed by atoms with E-state index in [0.717, 1.165) is 22.3 Å². The molecule has 0 aliphatic rings. The van der Waals surface area contributed by atoms with E-state index in [0.29, 0.717) is 0 Å². The minimum absolute atomic E-state index is 0.220. The second kappa shape index (κ2) is 4.51. The highest BCUT2D eigenvalue weighted by atomic mass is 16.3. The summed E-state index contributed by atoms with van der Waals surface area (Å²) in [6, 6.07) is 7.43. The minimum Gasteiger partial charge on any atom is -0.461 e. The molecule has 2 rings (SSSR count). The molecule has 0 amide bonds. The molecule has 17 heavy (non-hydrogen) atoms. The molecule has 0 spiro atoms. The van der Waals surface area contributed by atoms with Crippen molar-refractivity contribution in [3.8, 4) is 0 Å². The molecule has 2 aromatic rings. The summed E-state index contributed by atoms with van der Waals surface area (Å²) in [5, 5.41) is 11.3. The Morgan fingerprint density at radius 3 is 2.53 bits per heavy atom. The number of benzene rings is 1. The molecule has 3 heteroatoms. The fourth-order valence-corrected chi connectivity index (χ4v) is 2.11. The van der Waals surface area contributed by atoms with Crippen molar-refractivity contribution in [2.45, 2.75) is 32.9 Å². The number of hydrogen-bond acceptors (Lipinski definition) is 3. The van der Waals surface area contributed by atoms with Crippen molar-refractivity contribution in [3.05, 3.63) is 35.6 Å². The van der Waals surface area contributed by atoms with E-state index in [9.17, 15) is 5.11 Å². The van der Waals surface area contributed by atoms with E-state index in [2.05, 4.69) is 0 Å². The molecule has 0 fully saturated rings. The van der Waals surface area contributed by atoms with Crippen LogP contribution in [0.15, 0.2) is 28.7 Å². The van der Waals surface area contributed by atoms with Gasteiger partial charge in [-0.05, 0) is 18.9 Å². The summed E-state index contributed by atoms with van der Waals surface area (Å²) in [4.78, 5) is 0. The number of aliphatic hydroxyl groups excluding tert-OH is 1. The molecule has 3 N–H and O–H groups in total. The highest BCUT2D eigenvalue weighted by Gasteiger charge is 2.25. The number of nitrogens with two attached hydrogens (primary N) is 1. The first-order valence-electron chi connectivity index (χ1n) is 5.94. The van der Waals surface area contributed by atoms with Crippen molar-refractivity contribution in [2.24, 2.45) is 11.7 Å². The van der Waals surface area contributed by atoms with Gasteiger partial charge in [-0.3, -0.25) is 0 Å². The van der Waals surface area contributed by atoms with E-state index >= 15 is 0 Å². The van der Waals surface area contributed by atoms with Gasteiger partial charge in [0.15, 0.2) is 0 Å². The Labute approximate surface area is 101 Å². The third kappa shape index (κ3) is 2.08. The van der Waals surface area contributed by atoms with Crippen molar-refractivity contribution < 1.29 is 9.52 Å². The predicted octanol–water partition coefficient (Wildman–Crippen LogP) is 2.76. The summed E-state index contributed by atoms with van der Waals surface area (Å²) in [6.45, 7) is 5.88. The Morgan fingerprint density at radius 1 is 1.24 bits per heavy atom. The molecule has 2 atom stereocenters. The molecule has 0 aliphatic carbocycles. The zero-order valence-electron chi connectivity index (χ0n) is 10.5. The van der Waals surface area contributed by atoms with Crippen LogP contribution in [0.3, 0.4) is 0 Å². The zero-order chi connectivity index (χ0) is 12.6. The van der Waals surface area contributed by atoms with Crippen LogP contribution < -0.4 is 5.73 Å². The molecule has 3 nitrogen and oxygen atoms in total. The molecule has 0 radical (unpaired) electrons. The lowest BCUT2D eigenvalue weighted by molar-refractivity contribution is 0.125. The molecule has 1 aromatic carbocycles. The van der Waals surface area contributed by atoms with Crippen molar-refractivity contribution in [1.29, 1.82) is 0 Å². The largest absolute Gasteiger partial charge is 0.461 e. The highest BCUT2D eigenvalue weighted by Crippen LogP contribution is 2.32. The monoisotopic (exact) mass is 233 g/mol. The number of rotatable bonds is 3. The molecular weight excluding hydrogens is 214 g/mol. The van der Waals surface area contributed by atoms with Crippen molar-refractivity contribution in [3.63, 3.8) is 0 Å². The zero-order valence-corrected chi connectivity index (χ0v) is 10.5. The van der Waals surface area contributed by atoms with Gasteiger partial charge in [0.25, 0.3) is 0 Å². The van der Waals surface area contributed by atoms with Gasteiger partial charge in [0.05, 0.1) is 6.10 Å². The normalized spacial score (nSPS) is 15.4. The minimum atomic E-state index is -0.682. The first kappa shape index (κ1) is 12.1. The maximum atomic E-state index is 10.3. The Hall–Kier alpha value is -1.32. The molecule has 0 bridgehead atoms. The summed E-state index contributed by atoms with van der Waals surface area (Å²) < 4.78 is 5.63. The fraction of sp³-hybridized carbons (Fsp3) is 0.429. The molecule has 1 heterocycles. The Kier molecular flexibility index (Phi) is 3.22. The lowest BCUT2D eigenvalue weighted by Crippen LogP contribution is -2.33. The van der Waals surface area contributed by atoms with Gasteiger partial charge in [-0.25, -0.2) is 0 Å². The standard InChI is InChI=1S/C14H19NO2/c1-8(2)13(15)14(16)12-9(3)17-11-7-5-4-6-10(11)12/h4-8,13-14,16H,15H2,1-3H3. The Balaban J connectivity index is 2.51. The van der Waals surface area contributed by atoms with Crippen molar-refractivity contribution in [1.82, 2.24) is 0 Å². The molecule has 92 valence electrons. The van der Waals surface area contributed by atoms with Crippen LogP contribution in [0.2, 0.25) is 0 Å². The van der Waals surface area contributed by atoms with E-state index in [4.69, 9.17) is 10.2 Å². The van der Waals surface area contributed by atoms with Crippen LogP contribution in [0.25, 0.3) is 11.0 Å². The summed E-state index contributed by atoms with van der Waals surface area (Å²) >= 11 is 0. The van der Waals surface area contributed by atoms with Gasteiger partial charge >= 0.3 is 0 Å². The first-order valence-corrected chi connectivity index (χ1v) is 5.94. The summed E-state index contributed by atoms with van der Waals surface area (Å²) in [6.07, 6.45) is -0.682. The second-order valence-corrected chi connectivity index (χ2v) is 4.83. The van der Waals surface area contributed by atoms with E-state index in [1.807, 2.05) is 45.0 Å². The molecule has 0 aliphatic heterocycles. The lowest BCUT2D eigenvalue weighted by Gasteiger charge is -2.22. The quantitative estimate of drug-likeness (QED) is 0.857. The third-order valence-corrected chi connectivity index (χ3v) is 3.25. The maximum Gasteiger partial charge on any atom is 0.134 e. The Bertz CT molecular complexity index is 516. The van der Waals surface area contributed by atoms with Gasteiger partial charge in [0, 0.05) is 17.0 Å². The van der Waals surface area contributed by atoms with E-state index < -0.39 is 6.10 Å². The summed E-state index contributed by atoms with van der Waals surface area (Å²) in [5.74, 6) is 0.966. The topological polar surface area (TPSA) is 59.4 Å². The average Bonchev–Trinajstić information content (AvgIpc) is 2.62. The van der Waals surface area contributed by atoms with Crippen LogP contribution >= 0.6 is 0 Å². The second-order valence-electron chi connectivity index (χ2n) is 4.83. The van der Waals surface area contributed by atoms with Gasteiger partial charge in [0.1, 0.15) is 11.3 Å². The fourth-order valence-electron chi connectivity index (χ4n) is 2.11. The van der Waals surface area contributed by atoms with Gasteiger partial charge in [-0.2, -0.15) is 0 Å². The SMILES string of the molecule is Cc1oc2ccccc2c1C(O)C(N)C(C)C. The molecular formula is C14H19NO2. The van der Waals surface area contributed by atoms with Gasteiger partial charge in [0.2, 0.25) is 0 Å². The van der Waals surface area contributed by atoms with Crippen LogP contribution in [-0.2, 0) is 0 Å². The average molecular weight is 233 g/mol. The smallest absolute Gasteiger partial charge is 0.134 e. The number of hydrogen-bond donors (Lipinski definition) is 2. The number of para-hydroxylation sites is 1.